The maximum absolute atomic E-state index is 11.6. The Kier molecular flexibility index (Phi) is 7.97. The summed E-state index contributed by atoms with van der Waals surface area (Å²) in [5, 5.41) is 0. The molecule has 1 saturated carbocycles. The Hall–Kier alpha value is -2.20. The first kappa shape index (κ1) is 21.8. The molecule has 2 unspecified atom stereocenters. The second-order valence-electron chi connectivity index (χ2n) is 5.70. The molecule has 0 aromatic heterocycles. The third kappa shape index (κ3) is 5.40. The molecule has 0 N–H and O–H groups in total. The predicted octanol–water partition coefficient (Wildman–Crippen LogP) is -0.243. The molecule has 1 fully saturated rings. The average molecular weight is 376 g/mol. The van der Waals surface area contributed by atoms with Crippen LogP contribution >= 0.6 is 0 Å². The van der Waals surface area contributed by atoms with Crippen LogP contribution < -0.4 is 0 Å². The highest BCUT2D eigenvalue weighted by atomic mass is 16.7. The molecule has 148 valence electrons. The number of carbonyl (C=O) groups excluding carboxylic acids is 4. The molecule has 1 aliphatic carbocycles. The lowest BCUT2D eigenvalue weighted by Gasteiger charge is -2.47. The van der Waals surface area contributed by atoms with Crippen LogP contribution in [0.5, 0.6) is 0 Å². The number of hydrogen-bond donors (Lipinski definition) is 0. The molecule has 1 rings (SSSR count). The number of esters is 4. The van der Waals surface area contributed by atoms with Crippen molar-refractivity contribution < 1.29 is 47.6 Å². The first-order valence-electron chi connectivity index (χ1n) is 7.86. The lowest BCUT2D eigenvalue weighted by atomic mass is 9.83. The molecule has 0 spiro atoms. The van der Waals surface area contributed by atoms with E-state index in [2.05, 4.69) is 0 Å². The average Bonchev–Trinajstić information content (AvgIpc) is 2.49. The summed E-state index contributed by atoms with van der Waals surface area (Å²) in [6.07, 6.45) is -6.74. The lowest BCUT2D eigenvalue weighted by molar-refractivity contribution is -0.258. The molecular formula is C16H24O10. The molecule has 0 heterocycles. The highest BCUT2D eigenvalue weighted by Gasteiger charge is 2.58. The third-order valence-electron chi connectivity index (χ3n) is 3.70. The van der Waals surface area contributed by atoms with Gasteiger partial charge in [-0.3, -0.25) is 19.2 Å². The standard InChI is InChI=1S/C16H24O10/c1-7(17)23-13-11(21-5)14(24-8(2)18)16(26-10(4)20)15(12(13)22-6)25-9(3)19/h11-16H,1-6H3/t11-,12+,13?,14+,15-,16?. The number of methoxy groups -OCH3 is 2. The van der Waals surface area contributed by atoms with Gasteiger partial charge in [-0.2, -0.15) is 0 Å². The summed E-state index contributed by atoms with van der Waals surface area (Å²) in [4.78, 5) is 46.2. The van der Waals surface area contributed by atoms with E-state index >= 15 is 0 Å². The summed E-state index contributed by atoms with van der Waals surface area (Å²) in [5.74, 6) is -2.71. The summed E-state index contributed by atoms with van der Waals surface area (Å²) in [6.45, 7) is 4.64. The summed E-state index contributed by atoms with van der Waals surface area (Å²) < 4.78 is 31.7. The largest absolute Gasteiger partial charge is 0.457 e. The number of hydrogen-bond acceptors (Lipinski definition) is 10. The van der Waals surface area contributed by atoms with Crippen molar-refractivity contribution in [2.75, 3.05) is 14.2 Å². The van der Waals surface area contributed by atoms with E-state index in [4.69, 9.17) is 28.4 Å². The second kappa shape index (κ2) is 9.48. The molecule has 0 radical (unpaired) electrons. The van der Waals surface area contributed by atoms with Crippen LogP contribution in [0.1, 0.15) is 27.7 Å². The van der Waals surface area contributed by atoms with Crippen molar-refractivity contribution in [1.29, 1.82) is 0 Å². The van der Waals surface area contributed by atoms with Gasteiger partial charge in [-0.05, 0) is 0 Å². The van der Waals surface area contributed by atoms with Crippen LogP contribution in [0.2, 0.25) is 0 Å². The number of rotatable bonds is 6. The Morgan fingerprint density at radius 3 is 0.846 bits per heavy atom. The maximum atomic E-state index is 11.6. The van der Waals surface area contributed by atoms with Crippen molar-refractivity contribution in [3.63, 3.8) is 0 Å². The van der Waals surface area contributed by atoms with Crippen molar-refractivity contribution in [3.05, 3.63) is 0 Å². The summed E-state index contributed by atoms with van der Waals surface area (Å²) in [5.41, 5.74) is 0. The highest BCUT2D eigenvalue weighted by molar-refractivity contribution is 5.69. The molecule has 6 atom stereocenters. The maximum Gasteiger partial charge on any atom is 0.303 e. The minimum Gasteiger partial charge on any atom is -0.457 e. The summed E-state index contributed by atoms with van der Waals surface area (Å²) >= 11 is 0. The predicted molar refractivity (Wildman–Crippen MR) is 83.8 cm³/mol. The minimum atomic E-state index is -1.22. The van der Waals surface area contributed by atoms with Crippen molar-refractivity contribution in [2.24, 2.45) is 0 Å². The van der Waals surface area contributed by atoms with Crippen molar-refractivity contribution in [1.82, 2.24) is 0 Å². The van der Waals surface area contributed by atoms with Crippen LogP contribution in [0.15, 0.2) is 0 Å². The Bertz CT molecular complexity index is 513. The van der Waals surface area contributed by atoms with E-state index in [1.165, 1.54) is 21.1 Å². The topological polar surface area (TPSA) is 124 Å². The van der Waals surface area contributed by atoms with Crippen LogP contribution in [0.4, 0.5) is 0 Å². The van der Waals surface area contributed by atoms with Crippen LogP contribution in [-0.4, -0.2) is 74.7 Å². The van der Waals surface area contributed by atoms with E-state index in [0.29, 0.717) is 0 Å². The van der Waals surface area contributed by atoms with E-state index < -0.39 is 60.5 Å². The Morgan fingerprint density at radius 2 is 0.654 bits per heavy atom. The summed E-state index contributed by atoms with van der Waals surface area (Å²) in [6, 6.07) is 0. The lowest BCUT2D eigenvalue weighted by Crippen LogP contribution is -2.68. The molecular weight excluding hydrogens is 352 g/mol. The third-order valence-corrected chi connectivity index (χ3v) is 3.70. The Morgan fingerprint density at radius 1 is 0.462 bits per heavy atom. The fourth-order valence-electron chi connectivity index (χ4n) is 2.96. The molecule has 0 aliphatic heterocycles. The SMILES string of the molecule is CO[C@@H]1C(OC(C)=O)[C@H](OC)[C@@H](OC(C)=O)C(OC(C)=O)[C@H]1OC(C)=O. The zero-order valence-electron chi connectivity index (χ0n) is 15.5. The van der Waals surface area contributed by atoms with Crippen LogP contribution in [0.3, 0.4) is 0 Å². The van der Waals surface area contributed by atoms with E-state index in [-0.39, 0.29) is 0 Å². The summed E-state index contributed by atoms with van der Waals surface area (Å²) in [7, 11) is 2.61. The zero-order chi connectivity index (χ0) is 20.0. The molecule has 0 aromatic rings. The van der Waals surface area contributed by atoms with Gasteiger partial charge in [0.2, 0.25) is 0 Å². The fourth-order valence-corrected chi connectivity index (χ4v) is 2.96. The normalized spacial score (nSPS) is 30.8. The van der Waals surface area contributed by atoms with Gasteiger partial charge in [-0.1, -0.05) is 0 Å². The molecule has 1 aliphatic rings. The van der Waals surface area contributed by atoms with Crippen LogP contribution in [0, 0.1) is 0 Å². The van der Waals surface area contributed by atoms with E-state index in [0.717, 1.165) is 20.8 Å². The number of carbonyl (C=O) groups is 4. The first-order valence-corrected chi connectivity index (χ1v) is 7.86. The molecule has 0 bridgehead atoms. The van der Waals surface area contributed by atoms with Gasteiger partial charge in [-0.15, -0.1) is 0 Å². The van der Waals surface area contributed by atoms with Gasteiger partial charge in [-0.25, -0.2) is 0 Å². The van der Waals surface area contributed by atoms with E-state index in [1.54, 1.807) is 0 Å². The quantitative estimate of drug-likeness (QED) is 0.453. The zero-order valence-corrected chi connectivity index (χ0v) is 15.5. The van der Waals surface area contributed by atoms with Gasteiger partial charge in [0.15, 0.2) is 24.4 Å². The molecule has 10 heteroatoms. The smallest absolute Gasteiger partial charge is 0.303 e. The molecule has 0 aromatic carbocycles. The van der Waals surface area contributed by atoms with Gasteiger partial charge >= 0.3 is 23.9 Å². The van der Waals surface area contributed by atoms with Crippen molar-refractivity contribution in [3.8, 4) is 0 Å². The van der Waals surface area contributed by atoms with Gasteiger partial charge in [0.25, 0.3) is 0 Å². The van der Waals surface area contributed by atoms with E-state index in [9.17, 15) is 19.2 Å². The van der Waals surface area contributed by atoms with Gasteiger partial charge in [0.1, 0.15) is 12.2 Å². The molecule has 0 saturated heterocycles. The second-order valence-corrected chi connectivity index (χ2v) is 5.70. The van der Waals surface area contributed by atoms with Crippen molar-refractivity contribution >= 4 is 23.9 Å². The van der Waals surface area contributed by atoms with Crippen LogP contribution in [0.25, 0.3) is 0 Å². The van der Waals surface area contributed by atoms with E-state index in [1.807, 2.05) is 0 Å². The monoisotopic (exact) mass is 376 g/mol. The van der Waals surface area contributed by atoms with Gasteiger partial charge < -0.3 is 28.4 Å². The fraction of sp³-hybridized carbons (Fsp3) is 0.750. The molecule has 0 amide bonds. The van der Waals surface area contributed by atoms with Gasteiger partial charge in [0, 0.05) is 41.9 Å². The molecule has 10 nitrogen and oxygen atoms in total. The minimum absolute atomic E-state index is 0.645. The number of ether oxygens (including phenoxy) is 6. The Balaban J connectivity index is 3.43. The first-order chi connectivity index (χ1) is 12.1. The van der Waals surface area contributed by atoms with Crippen molar-refractivity contribution in [2.45, 2.75) is 64.3 Å². The molecule has 26 heavy (non-hydrogen) atoms. The Labute approximate surface area is 151 Å². The highest BCUT2D eigenvalue weighted by Crippen LogP contribution is 2.33. The van der Waals surface area contributed by atoms with Gasteiger partial charge in [0.05, 0.1) is 0 Å². The van der Waals surface area contributed by atoms with Crippen LogP contribution in [-0.2, 0) is 47.6 Å².